The van der Waals surface area contributed by atoms with Gasteiger partial charge in [-0.05, 0) is 51.2 Å². The molecule has 4 heterocycles. The lowest BCUT2D eigenvalue weighted by Crippen LogP contribution is -2.46. The van der Waals surface area contributed by atoms with Crippen LogP contribution in [0.3, 0.4) is 0 Å². The number of nitrogen functional groups attached to an aromatic ring is 1. The lowest BCUT2D eigenvalue weighted by Gasteiger charge is -2.36. The van der Waals surface area contributed by atoms with Crippen LogP contribution in [-0.4, -0.2) is 52.9 Å². The Balaban J connectivity index is 1.36. The Labute approximate surface area is 231 Å². The SMILES string of the molecule is C#Cc1c(-c2cnc3ccccc3c2)c2c(N)ncnc2n1C12CCC(N(C)C(=O)c3cnc(C)cn3)(CC1)C2. The van der Waals surface area contributed by atoms with Gasteiger partial charge < -0.3 is 15.2 Å². The molecule has 0 atom stereocenters. The van der Waals surface area contributed by atoms with Crippen molar-refractivity contribution in [1.82, 2.24) is 34.4 Å². The number of anilines is 1. The van der Waals surface area contributed by atoms with Crippen molar-refractivity contribution >= 4 is 33.7 Å². The van der Waals surface area contributed by atoms with E-state index in [1.807, 2.05) is 49.3 Å². The molecule has 9 nitrogen and oxygen atoms in total. The van der Waals surface area contributed by atoms with Gasteiger partial charge in [-0.25, -0.2) is 15.0 Å². The van der Waals surface area contributed by atoms with Crippen LogP contribution in [0.15, 0.2) is 55.2 Å². The van der Waals surface area contributed by atoms with Crippen molar-refractivity contribution in [2.45, 2.75) is 50.1 Å². The molecule has 1 amide bonds. The second kappa shape index (κ2) is 8.58. The van der Waals surface area contributed by atoms with E-state index in [4.69, 9.17) is 22.1 Å². The number of hydrogen-bond donors (Lipinski definition) is 1. The van der Waals surface area contributed by atoms with Gasteiger partial charge in [0.2, 0.25) is 0 Å². The van der Waals surface area contributed by atoms with Gasteiger partial charge in [0.25, 0.3) is 5.91 Å². The zero-order valence-corrected chi connectivity index (χ0v) is 22.4. The number of rotatable bonds is 4. The second-order valence-corrected chi connectivity index (χ2v) is 11.1. The van der Waals surface area contributed by atoms with Crippen molar-refractivity contribution in [3.63, 3.8) is 0 Å². The van der Waals surface area contributed by atoms with E-state index >= 15 is 0 Å². The maximum absolute atomic E-state index is 13.5. The fourth-order valence-electron chi connectivity index (χ4n) is 7.02. The number of amides is 1. The molecule has 4 aromatic heterocycles. The van der Waals surface area contributed by atoms with Crippen LogP contribution in [0.25, 0.3) is 33.1 Å². The predicted octanol–water partition coefficient (Wildman–Crippen LogP) is 4.49. The molecule has 7 rings (SSSR count). The molecule has 0 aliphatic heterocycles. The summed E-state index contributed by atoms with van der Waals surface area (Å²) in [7, 11) is 1.88. The van der Waals surface area contributed by atoms with E-state index in [1.54, 1.807) is 12.4 Å². The number of nitrogens with two attached hydrogens (primary N) is 1. The fourth-order valence-corrected chi connectivity index (χ4v) is 7.02. The van der Waals surface area contributed by atoms with E-state index in [-0.39, 0.29) is 17.0 Å². The quantitative estimate of drug-likeness (QED) is 0.342. The third-order valence-corrected chi connectivity index (χ3v) is 9.05. The molecule has 0 spiro atoms. The first-order valence-corrected chi connectivity index (χ1v) is 13.4. The van der Waals surface area contributed by atoms with Crippen LogP contribution < -0.4 is 5.73 Å². The monoisotopic (exact) mass is 528 g/mol. The van der Waals surface area contributed by atoms with Crippen LogP contribution in [0.1, 0.15) is 54.0 Å². The zero-order chi connectivity index (χ0) is 27.6. The number of pyridine rings is 1. The van der Waals surface area contributed by atoms with Crippen LogP contribution in [0.5, 0.6) is 0 Å². The lowest BCUT2D eigenvalue weighted by atomic mass is 9.89. The van der Waals surface area contributed by atoms with Crippen molar-refractivity contribution in [1.29, 1.82) is 0 Å². The van der Waals surface area contributed by atoms with Gasteiger partial charge in [0.1, 0.15) is 29.2 Å². The Hall–Kier alpha value is -4.84. The molecule has 0 saturated heterocycles. The van der Waals surface area contributed by atoms with Gasteiger partial charge in [-0.1, -0.05) is 24.1 Å². The number of benzene rings is 1. The number of carbonyl (C=O) groups excluding carboxylic acids is 1. The number of fused-ring (bicyclic) bond motifs is 4. The van der Waals surface area contributed by atoms with Gasteiger partial charge in [-0.15, -0.1) is 6.42 Å². The number of terminal acetylenes is 1. The van der Waals surface area contributed by atoms with Crippen molar-refractivity contribution in [3.8, 4) is 23.5 Å². The average molecular weight is 529 g/mol. The van der Waals surface area contributed by atoms with Crippen molar-refractivity contribution < 1.29 is 4.79 Å². The molecule has 0 unspecified atom stereocenters. The summed E-state index contributed by atoms with van der Waals surface area (Å²) < 4.78 is 2.21. The van der Waals surface area contributed by atoms with Crippen molar-refractivity contribution in [2.24, 2.45) is 0 Å². The molecular formula is C31H28N8O. The highest BCUT2D eigenvalue weighted by atomic mass is 16.2. The van der Waals surface area contributed by atoms with E-state index in [0.29, 0.717) is 11.5 Å². The molecule has 198 valence electrons. The highest BCUT2D eigenvalue weighted by molar-refractivity contribution is 6.04. The summed E-state index contributed by atoms with van der Waals surface area (Å²) in [5.41, 5.74) is 11.1. The first kappa shape index (κ1) is 24.2. The Morgan fingerprint density at radius 2 is 1.85 bits per heavy atom. The minimum atomic E-state index is -0.310. The summed E-state index contributed by atoms with van der Waals surface area (Å²) in [6.45, 7) is 1.86. The largest absolute Gasteiger partial charge is 0.383 e. The first-order valence-electron chi connectivity index (χ1n) is 13.4. The molecule has 0 radical (unpaired) electrons. The Morgan fingerprint density at radius 1 is 1.05 bits per heavy atom. The van der Waals surface area contributed by atoms with Gasteiger partial charge in [-0.3, -0.25) is 14.8 Å². The third kappa shape index (κ3) is 3.35. The normalized spacial score (nSPS) is 21.6. The molecule has 2 saturated carbocycles. The summed E-state index contributed by atoms with van der Waals surface area (Å²) in [5.74, 6) is 3.26. The van der Waals surface area contributed by atoms with Crippen molar-refractivity contribution in [3.05, 3.63) is 72.3 Å². The zero-order valence-electron chi connectivity index (χ0n) is 22.4. The Kier molecular flexibility index (Phi) is 5.20. The summed E-state index contributed by atoms with van der Waals surface area (Å²) in [6.07, 6.45) is 17.0. The smallest absolute Gasteiger partial charge is 0.274 e. The molecule has 2 aliphatic carbocycles. The van der Waals surface area contributed by atoms with Gasteiger partial charge in [0.15, 0.2) is 0 Å². The van der Waals surface area contributed by atoms with Gasteiger partial charge in [0.05, 0.1) is 22.8 Å². The molecule has 9 heteroatoms. The maximum Gasteiger partial charge on any atom is 0.274 e. The highest BCUT2D eigenvalue weighted by Gasteiger charge is 2.59. The average Bonchev–Trinajstić information content (AvgIpc) is 3.66. The van der Waals surface area contributed by atoms with Gasteiger partial charge >= 0.3 is 0 Å². The molecule has 2 N–H and O–H groups in total. The number of aromatic nitrogens is 6. The van der Waals surface area contributed by atoms with Crippen LogP contribution >= 0.6 is 0 Å². The summed E-state index contributed by atoms with van der Waals surface area (Å²) in [4.78, 5) is 37.7. The topological polar surface area (TPSA) is 116 Å². The van der Waals surface area contributed by atoms with E-state index in [2.05, 4.69) is 31.5 Å². The Bertz CT molecular complexity index is 1860. The van der Waals surface area contributed by atoms with E-state index in [1.165, 1.54) is 6.33 Å². The first-order chi connectivity index (χ1) is 19.4. The fraction of sp³-hybridized carbons (Fsp3) is 0.290. The molecule has 40 heavy (non-hydrogen) atoms. The third-order valence-electron chi connectivity index (χ3n) is 9.05. The lowest BCUT2D eigenvalue weighted by molar-refractivity contribution is 0.0569. The summed E-state index contributed by atoms with van der Waals surface area (Å²) in [6, 6.07) is 10.1. The van der Waals surface area contributed by atoms with Gasteiger partial charge in [-0.2, -0.15) is 0 Å². The minimum Gasteiger partial charge on any atom is -0.383 e. The highest BCUT2D eigenvalue weighted by Crippen LogP contribution is 2.59. The van der Waals surface area contributed by atoms with Crippen LogP contribution in [0.2, 0.25) is 0 Å². The van der Waals surface area contributed by atoms with E-state index < -0.39 is 0 Å². The van der Waals surface area contributed by atoms with Crippen LogP contribution in [0.4, 0.5) is 5.82 Å². The molecule has 1 aromatic carbocycles. The molecule has 5 aromatic rings. The second-order valence-electron chi connectivity index (χ2n) is 11.1. The Morgan fingerprint density at radius 3 is 2.60 bits per heavy atom. The standard InChI is InChI=1S/C31H28N8O/c1-4-24-25(21-13-20-7-5-6-8-22(20)35-15-21)26-27(32)36-18-37-28(26)39(24)31-11-9-30(17-31,10-12-31)38(3)29(40)23-16-33-19(2)14-34-23/h1,5-8,13-16,18H,9-12,17H2,2-3H3,(H2,32,36,37). The number of para-hydroxylation sites is 1. The summed E-state index contributed by atoms with van der Waals surface area (Å²) >= 11 is 0. The van der Waals surface area contributed by atoms with Crippen LogP contribution in [0, 0.1) is 19.3 Å². The summed E-state index contributed by atoms with van der Waals surface area (Å²) in [5, 5.41) is 1.75. The molecule has 2 bridgehead atoms. The number of aryl methyl sites for hydroxylation is 1. The maximum atomic E-state index is 13.5. The molecule has 2 aliphatic rings. The van der Waals surface area contributed by atoms with Crippen molar-refractivity contribution in [2.75, 3.05) is 12.8 Å². The van der Waals surface area contributed by atoms with Crippen LogP contribution in [-0.2, 0) is 5.54 Å². The number of nitrogens with zero attached hydrogens (tertiary/aromatic N) is 7. The van der Waals surface area contributed by atoms with Gasteiger partial charge in [0, 0.05) is 47.0 Å². The molecular weight excluding hydrogens is 500 g/mol. The number of carbonyl (C=O) groups is 1. The number of hydrogen-bond acceptors (Lipinski definition) is 7. The van der Waals surface area contributed by atoms with E-state index in [0.717, 1.165) is 76.6 Å². The predicted molar refractivity (Wildman–Crippen MR) is 153 cm³/mol. The minimum absolute atomic E-state index is 0.116. The van der Waals surface area contributed by atoms with E-state index in [9.17, 15) is 4.79 Å². The molecule has 2 fully saturated rings.